The molecule has 0 radical (unpaired) electrons. The molecule has 0 fully saturated rings. The fourth-order valence-corrected chi connectivity index (χ4v) is 2.85. The van der Waals surface area contributed by atoms with Crippen LogP contribution in [0.25, 0.3) is 0 Å². The topological polar surface area (TPSA) is 62.2 Å². The molecule has 0 aliphatic carbocycles. The van der Waals surface area contributed by atoms with E-state index in [1.807, 2.05) is 42.5 Å². The molecule has 0 aliphatic rings. The molecule has 2 rings (SSSR count). The second-order valence-electron chi connectivity index (χ2n) is 4.90. The van der Waals surface area contributed by atoms with Crippen LogP contribution in [0, 0.1) is 0 Å². The summed E-state index contributed by atoms with van der Waals surface area (Å²) in [5.74, 6) is 0.520. The van der Waals surface area contributed by atoms with Crippen LogP contribution in [0.1, 0.15) is 17.9 Å². The predicted molar refractivity (Wildman–Crippen MR) is 88.9 cm³/mol. The van der Waals surface area contributed by atoms with Crippen LogP contribution in [-0.2, 0) is 4.79 Å². The molecular weight excluding hydrogens is 296 g/mol. The lowest BCUT2D eigenvalue weighted by atomic mass is 9.96. The number of aliphatic hydroxyl groups is 1. The van der Waals surface area contributed by atoms with E-state index < -0.39 is 0 Å². The van der Waals surface area contributed by atoms with Crippen LogP contribution in [0.4, 0.5) is 0 Å². The number of aromatic nitrogens is 1. The predicted octanol–water partition coefficient (Wildman–Crippen LogP) is 2.46. The Hall–Kier alpha value is -1.85. The normalized spacial score (nSPS) is 11.9. The van der Waals surface area contributed by atoms with Gasteiger partial charge in [0.25, 0.3) is 0 Å². The van der Waals surface area contributed by atoms with Crippen molar-refractivity contribution in [2.45, 2.75) is 17.2 Å². The highest BCUT2D eigenvalue weighted by atomic mass is 32.2. The summed E-state index contributed by atoms with van der Waals surface area (Å²) < 4.78 is 0. The minimum absolute atomic E-state index is 0.000633. The first-order valence-corrected chi connectivity index (χ1v) is 8.23. The number of nitrogens with one attached hydrogen (secondary N) is 1. The van der Waals surface area contributed by atoms with Gasteiger partial charge in [-0.3, -0.25) is 9.78 Å². The van der Waals surface area contributed by atoms with Gasteiger partial charge in [0.05, 0.1) is 5.75 Å². The molecule has 5 heteroatoms. The number of aliphatic hydroxyl groups excluding tert-OH is 1. The van der Waals surface area contributed by atoms with E-state index in [1.165, 1.54) is 11.8 Å². The quantitative estimate of drug-likeness (QED) is 0.734. The second kappa shape index (κ2) is 9.23. The zero-order valence-corrected chi connectivity index (χ0v) is 13.1. The van der Waals surface area contributed by atoms with E-state index in [0.29, 0.717) is 18.7 Å². The third kappa shape index (κ3) is 5.50. The SMILES string of the molecule is O=C(CSc1ccncc1)NCC(CCO)c1ccccc1. The number of carbonyl (C=O) groups is 1. The van der Waals surface area contributed by atoms with Gasteiger partial charge < -0.3 is 10.4 Å². The van der Waals surface area contributed by atoms with Crippen LogP contribution in [0.15, 0.2) is 59.8 Å². The number of hydrogen-bond donors (Lipinski definition) is 2. The lowest BCUT2D eigenvalue weighted by Crippen LogP contribution is -2.30. The zero-order chi connectivity index (χ0) is 15.6. The van der Waals surface area contributed by atoms with E-state index in [1.54, 1.807) is 12.4 Å². The Bertz CT molecular complexity index is 563. The fourth-order valence-electron chi connectivity index (χ4n) is 2.14. The minimum Gasteiger partial charge on any atom is -0.396 e. The fraction of sp³-hybridized carbons (Fsp3) is 0.294. The van der Waals surface area contributed by atoms with Crippen LogP contribution in [0.5, 0.6) is 0 Å². The summed E-state index contributed by atoms with van der Waals surface area (Å²) in [6.07, 6.45) is 4.07. The first-order valence-electron chi connectivity index (χ1n) is 7.25. The number of pyridine rings is 1. The molecule has 22 heavy (non-hydrogen) atoms. The monoisotopic (exact) mass is 316 g/mol. The van der Waals surface area contributed by atoms with Crippen LogP contribution in [0.3, 0.4) is 0 Å². The van der Waals surface area contributed by atoms with E-state index in [-0.39, 0.29) is 18.4 Å². The summed E-state index contributed by atoms with van der Waals surface area (Å²) in [5, 5.41) is 12.1. The number of thioether (sulfide) groups is 1. The van der Waals surface area contributed by atoms with Crippen molar-refractivity contribution in [2.75, 3.05) is 18.9 Å². The lowest BCUT2D eigenvalue weighted by molar-refractivity contribution is -0.118. The average molecular weight is 316 g/mol. The molecule has 116 valence electrons. The summed E-state index contributed by atoms with van der Waals surface area (Å²) in [7, 11) is 0. The van der Waals surface area contributed by atoms with Gasteiger partial charge in [-0.05, 0) is 24.1 Å². The summed E-state index contributed by atoms with van der Waals surface area (Å²) in [5.41, 5.74) is 1.14. The molecular formula is C17H20N2O2S. The maximum Gasteiger partial charge on any atom is 0.230 e. The Balaban J connectivity index is 1.80. The first kappa shape index (κ1) is 16.5. The van der Waals surface area contributed by atoms with E-state index in [9.17, 15) is 9.90 Å². The molecule has 0 saturated carbocycles. The van der Waals surface area contributed by atoms with Crippen molar-refractivity contribution < 1.29 is 9.90 Å². The third-order valence-electron chi connectivity index (χ3n) is 3.31. The average Bonchev–Trinajstić information content (AvgIpc) is 2.58. The molecule has 1 heterocycles. The number of nitrogens with zero attached hydrogens (tertiary/aromatic N) is 1. The molecule has 1 amide bonds. The van der Waals surface area contributed by atoms with Crippen molar-refractivity contribution in [3.8, 4) is 0 Å². The molecule has 1 atom stereocenters. The number of rotatable bonds is 8. The molecule has 2 N–H and O–H groups in total. The van der Waals surface area contributed by atoms with Crippen molar-refractivity contribution >= 4 is 17.7 Å². The Morgan fingerprint density at radius 3 is 2.59 bits per heavy atom. The zero-order valence-electron chi connectivity index (χ0n) is 12.3. The largest absolute Gasteiger partial charge is 0.396 e. The highest BCUT2D eigenvalue weighted by Crippen LogP contribution is 2.19. The molecule has 0 spiro atoms. The van der Waals surface area contributed by atoms with Gasteiger partial charge in [-0.15, -0.1) is 11.8 Å². The van der Waals surface area contributed by atoms with Gasteiger partial charge in [0.15, 0.2) is 0 Å². The van der Waals surface area contributed by atoms with Crippen molar-refractivity contribution in [2.24, 2.45) is 0 Å². The smallest absolute Gasteiger partial charge is 0.230 e. The Kier molecular flexibility index (Phi) is 6.93. The second-order valence-corrected chi connectivity index (χ2v) is 5.94. The Morgan fingerprint density at radius 2 is 1.91 bits per heavy atom. The van der Waals surface area contributed by atoms with E-state index in [0.717, 1.165) is 10.5 Å². The Morgan fingerprint density at radius 1 is 1.18 bits per heavy atom. The van der Waals surface area contributed by atoms with Crippen LogP contribution >= 0.6 is 11.8 Å². The lowest BCUT2D eigenvalue weighted by Gasteiger charge is -2.17. The first-order chi connectivity index (χ1) is 10.8. The van der Waals surface area contributed by atoms with Gasteiger partial charge in [-0.2, -0.15) is 0 Å². The number of amides is 1. The Labute approximate surface area is 135 Å². The van der Waals surface area contributed by atoms with Gasteiger partial charge in [0.2, 0.25) is 5.91 Å². The molecule has 0 aliphatic heterocycles. The van der Waals surface area contributed by atoms with Crippen molar-refractivity contribution in [1.29, 1.82) is 0 Å². The minimum atomic E-state index is 0.000633. The maximum absolute atomic E-state index is 11.9. The van der Waals surface area contributed by atoms with Gasteiger partial charge in [-0.1, -0.05) is 30.3 Å². The molecule has 1 aromatic carbocycles. The number of hydrogen-bond acceptors (Lipinski definition) is 4. The van der Waals surface area contributed by atoms with E-state index in [2.05, 4.69) is 10.3 Å². The molecule has 0 saturated heterocycles. The van der Waals surface area contributed by atoms with Crippen LogP contribution < -0.4 is 5.32 Å². The summed E-state index contributed by atoms with van der Waals surface area (Å²) in [4.78, 5) is 16.9. The van der Waals surface area contributed by atoms with Crippen LogP contribution in [-0.4, -0.2) is 34.9 Å². The number of benzene rings is 1. The standard InChI is InChI=1S/C17H20N2O2S/c20-11-8-15(14-4-2-1-3-5-14)12-19-17(21)13-22-16-6-9-18-10-7-16/h1-7,9-10,15,20H,8,11-13H2,(H,19,21). The van der Waals surface area contributed by atoms with Gasteiger partial charge in [-0.25, -0.2) is 0 Å². The van der Waals surface area contributed by atoms with Crippen molar-refractivity contribution in [3.05, 3.63) is 60.4 Å². The van der Waals surface area contributed by atoms with E-state index in [4.69, 9.17) is 0 Å². The highest BCUT2D eigenvalue weighted by Gasteiger charge is 2.12. The van der Waals surface area contributed by atoms with Crippen molar-refractivity contribution in [3.63, 3.8) is 0 Å². The van der Waals surface area contributed by atoms with Gasteiger partial charge in [0, 0.05) is 36.4 Å². The highest BCUT2D eigenvalue weighted by molar-refractivity contribution is 8.00. The molecule has 2 aromatic rings. The van der Waals surface area contributed by atoms with Gasteiger partial charge in [0.1, 0.15) is 0 Å². The van der Waals surface area contributed by atoms with Crippen LogP contribution in [0.2, 0.25) is 0 Å². The molecule has 1 unspecified atom stereocenters. The summed E-state index contributed by atoms with van der Waals surface area (Å²) in [6.45, 7) is 0.654. The summed E-state index contributed by atoms with van der Waals surface area (Å²) >= 11 is 1.49. The van der Waals surface area contributed by atoms with Gasteiger partial charge >= 0.3 is 0 Å². The third-order valence-corrected chi connectivity index (χ3v) is 4.33. The van der Waals surface area contributed by atoms with E-state index >= 15 is 0 Å². The molecule has 4 nitrogen and oxygen atoms in total. The molecule has 0 bridgehead atoms. The number of carbonyl (C=O) groups excluding carboxylic acids is 1. The maximum atomic E-state index is 11.9. The summed E-state index contributed by atoms with van der Waals surface area (Å²) in [6, 6.07) is 13.7. The molecule has 1 aromatic heterocycles. The van der Waals surface area contributed by atoms with Crippen molar-refractivity contribution in [1.82, 2.24) is 10.3 Å².